The minimum absolute atomic E-state index is 0.316. The molecule has 1 heterocycles. The van der Waals surface area contributed by atoms with E-state index in [1.165, 1.54) is 0 Å². The summed E-state index contributed by atoms with van der Waals surface area (Å²) in [4.78, 5) is 13.4. The van der Waals surface area contributed by atoms with E-state index < -0.39 is 0 Å². The minimum atomic E-state index is -0.316. The van der Waals surface area contributed by atoms with Crippen molar-refractivity contribution in [1.82, 2.24) is 5.32 Å². The molecule has 2 rings (SSSR count). The summed E-state index contributed by atoms with van der Waals surface area (Å²) in [6.07, 6.45) is 0.661. The van der Waals surface area contributed by atoms with Gasteiger partial charge in [0.1, 0.15) is 0 Å². The highest BCUT2D eigenvalue weighted by Gasteiger charge is 2.28. The predicted molar refractivity (Wildman–Crippen MR) is 72.2 cm³/mol. The van der Waals surface area contributed by atoms with Gasteiger partial charge in [-0.25, -0.2) is 4.79 Å². The third kappa shape index (κ3) is 2.94. The fraction of sp³-hybridized carbons (Fsp3) is 0.462. The Bertz CT molecular complexity index is 425. The van der Waals surface area contributed by atoms with E-state index in [1.807, 2.05) is 25.2 Å². The zero-order chi connectivity index (χ0) is 13.0. The van der Waals surface area contributed by atoms with Gasteiger partial charge in [-0.1, -0.05) is 23.7 Å². The number of nitrogens with zero attached hydrogens (tertiary/aromatic N) is 1. The second-order valence-corrected chi connectivity index (χ2v) is 4.80. The predicted octanol–water partition coefficient (Wildman–Crippen LogP) is 2.52. The number of halogens is 1. The number of carbonyl (C=O) groups is 1. The number of para-hydroxylation sites is 1. The molecule has 0 radical (unpaired) electrons. The van der Waals surface area contributed by atoms with Crippen LogP contribution < -0.4 is 10.2 Å². The molecule has 18 heavy (non-hydrogen) atoms. The summed E-state index contributed by atoms with van der Waals surface area (Å²) in [7, 11) is 1.92. The SMILES string of the molecule is CNCCC1COC(=O)N(c2ccccc2Cl)C1. The van der Waals surface area contributed by atoms with Gasteiger partial charge in [0.25, 0.3) is 0 Å². The standard InChI is InChI=1S/C13H17ClN2O2/c1-15-7-6-10-8-16(13(17)18-9-10)12-5-3-2-4-11(12)14/h2-5,10,15H,6-9H2,1H3. The van der Waals surface area contributed by atoms with Crippen LogP contribution >= 0.6 is 11.6 Å². The Morgan fingerprint density at radius 1 is 1.50 bits per heavy atom. The molecule has 1 aromatic carbocycles. The number of nitrogens with one attached hydrogen (secondary N) is 1. The van der Waals surface area contributed by atoms with E-state index in [0.29, 0.717) is 24.1 Å². The van der Waals surface area contributed by atoms with Gasteiger partial charge in [-0.15, -0.1) is 0 Å². The van der Waals surface area contributed by atoms with E-state index >= 15 is 0 Å². The van der Waals surface area contributed by atoms with Crippen molar-refractivity contribution in [3.8, 4) is 0 Å². The number of cyclic esters (lactones) is 1. The lowest BCUT2D eigenvalue weighted by Crippen LogP contribution is -2.44. The van der Waals surface area contributed by atoms with Gasteiger partial charge in [0, 0.05) is 12.5 Å². The first-order chi connectivity index (χ1) is 8.72. The Kier molecular flexibility index (Phi) is 4.44. The molecule has 1 aliphatic rings. The Morgan fingerprint density at radius 2 is 2.28 bits per heavy atom. The molecule has 1 amide bonds. The molecule has 1 unspecified atom stereocenters. The summed E-state index contributed by atoms with van der Waals surface area (Å²) in [5.74, 6) is 0.339. The molecule has 1 atom stereocenters. The summed E-state index contributed by atoms with van der Waals surface area (Å²) in [5.41, 5.74) is 0.721. The third-order valence-corrected chi connectivity index (χ3v) is 3.37. The Morgan fingerprint density at radius 3 is 3.00 bits per heavy atom. The van der Waals surface area contributed by atoms with Crippen molar-refractivity contribution in [3.63, 3.8) is 0 Å². The van der Waals surface area contributed by atoms with Crippen LogP contribution in [0.1, 0.15) is 6.42 Å². The molecule has 0 aliphatic carbocycles. The van der Waals surface area contributed by atoms with Crippen molar-refractivity contribution in [2.45, 2.75) is 6.42 Å². The highest BCUT2D eigenvalue weighted by Crippen LogP contribution is 2.28. The van der Waals surface area contributed by atoms with Gasteiger partial charge in [0.2, 0.25) is 0 Å². The van der Waals surface area contributed by atoms with Crippen molar-refractivity contribution in [1.29, 1.82) is 0 Å². The van der Waals surface area contributed by atoms with E-state index in [4.69, 9.17) is 16.3 Å². The molecular formula is C13H17ClN2O2. The second-order valence-electron chi connectivity index (χ2n) is 4.40. The quantitative estimate of drug-likeness (QED) is 0.912. The van der Waals surface area contributed by atoms with Crippen LogP contribution in [0.5, 0.6) is 0 Å². The number of ether oxygens (including phenoxy) is 1. The third-order valence-electron chi connectivity index (χ3n) is 3.05. The number of benzene rings is 1. The summed E-state index contributed by atoms with van der Waals surface area (Å²) in [6.45, 7) is 2.06. The van der Waals surface area contributed by atoms with Crippen molar-refractivity contribution < 1.29 is 9.53 Å². The van der Waals surface area contributed by atoms with Gasteiger partial charge >= 0.3 is 6.09 Å². The van der Waals surface area contributed by atoms with Gasteiger partial charge in [0.05, 0.1) is 17.3 Å². The second kappa shape index (κ2) is 6.07. The minimum Gasteiger partial charge on any atom is -0.449 e. The first-order valence-corrected chi connectivity index (χ1v) is 6.43. The van der Waals surface area contributed by atoms with Crippen LogP contribution in [-0.2, 0) is 4.74 Å². The van der Waals surface area contributed by atoms with E-state index in [9.17, 15) is 4.79 Å². The van der Waals surface area contributed by atoms with E-state index in [-0.39, 0.29) is 6.09 Å². The van der Waals surface area contributed by atoms with Crippen LogP contribution in [0.4, 0.5) is 10.5 Å². The molecule has 1 fully saturated rings. The van der Waals surface area contributed by atoms with Crippen LogP contribution in [0.25, 0.3) is 0 Å². The summed E-state index contributed by atoms with van der Waals surface area (Å²) < 4.78 is 5.21. The summed E-state index contributed by atoms with van der Waals surface area (Å²) in [5, 5.41) is 3.68. The van der Waals surface area contributed by atoms with Crippen LogP contribution in [0.15, 0.2) is 24.3 Å². The van der Waals surface area contributed by atoms with Crippen LogP contribution in [-0.4, -0.2) is 32.8 Å². The maximum absolute atomic E-state index is 11.8. The smallest absolute Gasteiger partial charge is 0.414 e. The largest absolute Gasteiger partial charge is 0.449 e. The van der Waals surface area contributed by atoms with Gasteiger partial charge in [-0.05, 0) is 32.1 Å². The highest BCUT2D eigenvalue weighted by atomic mass is 35.5. The first kappa shape index (κ1) is 13.2. The molecule has 5 heteroatoms. The number of anilines is 1. The molecular weight excluding hydrogens is 252 g/mol. The highest BCUT2D eigenvalue weighted by molar-refractivity contribution is 6.33. The van der Waals surface area contributed by atoms with Crippen molar-refractivity contribution in [2.24, 2.45) is 5.92 Å². The number of amides is 1. The average molecular weight is 269 g/mol. The molecule has 1 saturated heterocycles. The number of hydrogen-bond acceptors (Lipinski definition) is 3. The summed E-state index contributed by atoms with van der Waals surface area (Å²) in [6, 6.07) is 7.33. The van der Waals surface area contributed by atoms with Gasteiger partial charge in [0.15, 0.2) is 0 Å². The lowest BCUT2D eigenvalue weighted by atomic mass is 10.0. The Balaban J connectivity index is 2.10. The number of hydrogen-bond donors (Lipinski definition) is 1. The van der Waals surface area contributed by atoms with Crippen molar-refractivity contribution >= 4 is 23.4 Å². The van der Waals surface area contributed by atoms with Crippen molar-refractivity contribution in [3.05, 3.63) is 29.3 Å². The van der Waals surface area contributed by atoms with E-state index in [1.54, 1.807) is 11.0 Å². The fourth-order valence-electron chi connectivity index (χ4n) is 2.04. The lowest BCUT2D eigenvalue weighted by Gasteiger charge is -2.32. The van der Waals surface area contributed by atoms with Crippen molar-refractivity contribution in [2.75, 3.05) is 31.6 Å². The molecule has 0 bridgehead atoms. The lowest BCUT2D eigenvalue weighted by molar-refractivity contribution is 0.112. The Hall–Kier alpha value is -1.26. The zero-order valence-corrected chi connectivity index (χ0v) is 11.1. The van der Waals surface area contributed by atoms with Gasteiger partial charge in [-0.2, -0.15) is 0 Å². The topological polar surface area (TPSA) is 41.6 Å². The van der Waals surface area contributed by atoms with Crippen LogP contribution in [0, 0.1) is 5.92 Å². The molecule has 1 aliphatic heterocycles. The number of carbonyl (C=O) groups excluding carboxylic acids is 1. The maximum atomic E-state index is 11.8. The van der Waals surface area contributed by atoms with Gasteiger partial charge < -0.3 is 10.1 Å². The van der Waals surface area contributed by atoms with Crippen LogP contribution in [0.2, 0.25) is 5.02 Å². The number of rotatable bonds is 4. The first-order valence-electron chi connectivity index (χ1n) is 6.05. The Labute approximate surface area is 112 Å². The molecule has 1 aromatic rings. The molecule has 1 N–H and O–H groups in total. The molecule has 0 saturated carbocycles. The van der Waals surface area contributed by atoms with Crippen LogP contribution in [0.3, 0.4) is 0 Å². The zero-order valence-electron chi connectivity index (χ0n) is 10.4. The molecule has 0 aromatic heterocycles. The molecule has 4 nitrogen and oxygen atoms in total. The van der Waals surface area contributed by atoms with E-state index in [2.05, 4.69) is 5.32 Å². The normalized spacial score (nSPS) is 19.8. The summed E-state index contributed by atoms with van der Waals surface area (Å²) >= 11 is 6.11. The fourth-order valence-corrected chi connectivity index (χ4v) is 2.28. The average Bonchev–Trinajstić information content (AvgIpc) is 2.39. The van der Waals surface area contributed by atoms with E-state index in [0.717, 1.165) is 18.7 Å². The monoisotopic (exact) mass is 268 g/mol. The molecule has 98 valence electrons. The van der Waals surface area contributed by atoms with Gasteiger partial charge in [-0.3, -0.25) is 4.90 Å². The molecule has 0 spiro atoms. The maximum Gasteiger partial charge on any atom is 0.414 e.